The summed E-state index contributed by atoms with van der Waals surface area (Å²) in [5.41, 5.74) is 1.98. The number of para-hydroxylation sites is 1. The monoisotopic (exact) mass is 301 g/mol. The van der Waals surface area contributed by atoms with Crippen LogP contribution in [0.2, 0.25) is 0 Å². The Kier molecular flexibility index (Phi) is 4.99. The van der Waals surface area contributed by atoms with E-state index in [1.165, 1.54) is 0 Å². The fourth-order valence-electron chi connectivity index (χ4n) is 2.46. The third-order valence-electron chi connectivity index (χ3n) is 3.56. The molecule has 0 atom stereocenters. The van der Waals surface area contributed by atoms with Gasteiger partial charge in [0.05, 0.1) is 12.8 Å². The molecule has 1 N–H and O–H groups in total. The fourth-order valence-corrected chi connectivity index (χ4v) is 2.46. The van der Waals surface area contributed by atoms with Crippen LogP contribution in [0.15, 0.2) is 41.2 Å². The van der Waals surface area contributed by atoms with Crippen LogP contribution < -0.4 is 10.3 Å². The van der Waals surface area contributed by atoms with Crippen molar-refractivity contribution in [2.24, 2.45) is 0 Å². The average Bonchev–Trinajstić information content (AvgIpc) is 2.53. The van der Waals surface area contributed by atoms with Crippen LogP contribution in [0.5, 0.6) is 5.75 Å². The van der Waals surface area contributed by atoms with Crippen molar-refractivity contribution in [3.05, 3.63) is 52.3 Å². The molecule has 1 aromatic carbocycles. The molecule has 2 rings (SSSR count). The van der Waals surface area contributed by atoms with E-state index in [1.807, 2.05) is 37.3 Å². The highest BCUT2D eigenvalue weighted by Gasteiger charge is 2.13. The van der Waals surface area contributed by atoms with Crippen molar-refractivity contribution in [2.45, 2.75) is 26.3 Å². The Bertz CT molecular complexity index is 734. The molecule has 0 saturated heterocycles. The minimum absolute atomic E-state index is 0.0487. The first-order chi connectivity index (χ1) is 10.6. The van der Waals surface area contributed by atoms with Gasteiger partial charge in [-0.25, -0.2) is 0 Å². The van der Waals surface area contributed by atoms with Crippen molar-refractivity contribution in [1.29, 1.82) is 0 Å². The van der Waals surface area contributed by atoms with Gasteiger partial charge in [0.2, 0.25) is 0 Å². The number of hydrogen-bond donors (Lipinski definition) is 1. The molecule has 0 radical (unpaired) electrons. The SMILES string of the molecule is CCn1c(-c2ccccc2OC)ccc(CCC(=O)O)c1=O. The number of rotatable bonds is 6. The normalized spacial score (nSPS) is 10.5. The smallest absolute Gasteiger partial charge is 0.303 e. The number of nitrogens with zero attached hydrogens (tertiary/aromatic N) is 1. The molecular formula is C17H19NO4. The van der Waals surface area contributed by atoms with E-state index in [9.17, 15) is 9.59 Å². The molecule has 0 saturated carbocycles. The van der Waals surface area contributed by atoms with Crippen molar-refractivity contribution < 1.29 is 14.6 Å². The molecule has 0 unspecified atom stereocenters. The van der Waals surface area contributed by atoms with E-state index in [0.717, 1.165) is 11.3 Å². The number of carbonyl (C=O) groups is 1. The summed E-state index contributed by atoms with van der Waals surface area (Å²) in [7, 11) is 1.59. The summed E-state index contributed by atoms with van der Waals surface area (Å²) in [6.45, 7) is 2.40. The number of aromatic nitrogens is 1. The van der Waals surface area contributed by atoms with Gasteiger partial charge in [-0.1, -0.05) is 18.2 Å². The molecule has 5 heteroatoms. The second-order valence-corrected chi connectivity index (χ2v) is 4.89. The van der Waals surface area contributed by atoms with Crippen LogP contribution >= 0.6 is 0 Å². The zero-order chi connectivity index (χ0) is 16.1. The third-order valence-corrected chi connectivity index (χ3v) is 3.56. The van der Waals surface area contributed by atoms with Gasteiger partial charge in [0, 0.05) is 24.1 Å². The van der Waals surface area contributed by atoms with Gasteiger partial charge in [0.1, 0.15) is 5.75 Å². The predicted molar refractivity (Wildman–Crippen MR) is 84.3 cm³/mol. The summed E-state index contributed by atoms with van der Waals surface area (Å²) in [5.74, 6) is -0.210. The van der Waals surface area contributed by atoms with E-state index < -0.39 is 5.97 Å². The zero-order valence-electron chi connectivity index (χ0n) is 12.7. The molecular weight excluding hydrogens is 282 g/mol. The Morgan fingerprint density at radius 3 is 2.59 bits per heavy atom. The molecule has 0 aliphatic rings. The highest BCUT2D eigenvalue weighted by atomic mass is 16.5. The first-order valence-electron chi connectivity index (χ1n) is 7.16. The van der Waals surface area contributed by atoms with Crippen LogP contribution in [0.4, 0.5) is 0 Å². The lowest BCUT2D eigenvalue weighted by Gasteiger charge is -2.15. The Morgan fingerprint density at radius 1 is 1.23 bits per heavy atom. The van der Waals surface area contributed by atoms with E-state index in [-0.39, 0.29) is 18.4 Å². The quantitative estimate of drug-likeness (QED) is 0.890. The summed E-state index contributed by atoms with van der Waals surface area (Å²) in [6.07, 6.45) is 0.188. The number of ether oxygens (including phenoxy) is 1. The van der Waals surface area contributed by atoms with Crippen LogP contribution in [-0.2, 0) is 17.8 Å². The Balaban J connectivity index is 2.52. The fraction of sp³-hybridized carbons (Fsp3) is 0.294. The van der Waals surface area contributed by atoms with E-state index >= 15 is 0 Å². The van der Waals surface area contributed by atoms with Gasteiger partial charge in [-0.15, -0.1) is 0 Å². The minimum Gasteiger partial charge on any atom is -0.496 e. The molecule has 0 aliphatic carbocycles. The van der Waals surface area contributed by atoms with Gasteiger partial charge < -0.3 is 14.4 Å². The first-order valence-corrected chi connectivity index (χ1v) is 7.16. The molecule has 0 bridgehead atoms. The van der Waals surface area contributed by atoms with Crippen LogP contribution in [0.25, 0.3) is 11.3 Å². The topological polar surface area (TPSA) is 68.5 Å². The van der Waals surface area contributed by atoms with Gasteiger partial charge in [-0.3, -0.25) is 9.59 Å². The number of carboxylic acid groups (broad SMARTS) is 1. The number of methoxy groups -OCH3 is 1. The molecule has 0 amide bonds. The van der Waals surface area contributed by atoms with Crippen LogP contribution in [0.1, 0.15) is 18.9 Å². The van der Waals surface area contributed by atoms with Crippen molar-refractivity contribution in [1.82, 2.24) is 4.57 Å². The number of pyridine rings is 1. The third kappa shape index (κ3) is 3.19. The maximum Gasteiger partial charge on any atom is 0.303 e. The lowest BCUT2D eigenvalue weighted by atomic mass is 10.1. The standard InChI is InChI=1S/C17H19NO4/c1-3-18-14(13-6-4-5-7-15(13)22-2)10-8-12(17(18)21)9-11-16(19)20/h4-8,10H,3,9,11H2,1-2H3,(H,19,20). The van der Waals surface area contributed by atoms with Gasteiger partial charge in [0.15, 0.2) is 0 Å². The van der Waals surface area contributed by atoms with E-state index in [0.29, 0.717) is 17.9 Å². The molecule has 22 heavy (non-hydrogen) atoms. The lowest BCUT2D eigenvalue weighted by molar-refractivity contribution is -0.136. The van der Waals surface area contributed by atoms with Crippen LogP contribution in [-0.4, -0.2) is 22.8 Å². The number of benzene rings is 1. The summed E-state index contributed by atoms with van der Waals surface area (Å²) >= 11 is 0. The lowest BCUT2D eigenvalue weighted by Crippen LogP contribution is -2.25. The largest absolute Gasteiger partial charge is 0.496 e. The molecule has 0 fully saturated rings. The maximum atomic E-state index is 12.5. The van der Waals surface area contributed by atoms with Crippen molar-refractivity contribution in [3.8, 4) is 17.0 Å². The summed E-state index contributed by atoms with van der Waals surface area (Å²) in [5, 5.41) is 8.77. The zero-order valence-corrected chi connectivity index (χ0v) is 12.7. The van der Waals surface area contributed by atoms with Gasteiger partial charge in [-0.2, -0.15) is 0 Å². The predicted octanol–water partition coefficient (Wildman–Crippen LogP) is 2.56. The first kappa shape index (κ1) is 15.8. The highest BCUT2D eigenvalue weighted by molar-refractivity contribution is 5.68. The Hall–Kier alpha value is -2.56. The molecule has 1 heterocycles. The number of aryl methyl sites for hydroxylation is 1. The second-order valence-electron chi connectivity index (χ2n) is 4.89. The van der Waals surface area contributed by atoms with Crippen LogP contribution in [0, 0.1) is 0 Å². The summed E-state index contributed by atoms with van der Waals surface area (Å²) in [4.78, 5) is 23.2. The molecule has 0 aliphatic heterocycles. The molecule has 116 valence electrons. The van der Waals surface area contributed by atoms with Gasteiger partial charge in [0.25, 0.3) is 5.56 Å². The van der Waals surface area contributed by atoms with Gasteiger partial charge in [-0.05, 0) is 31.5 Å². The Labute approximate surface area is 128 Å². The van der Waals surface area contributed by atoms with Gasteiger partial charge >= 0.3 is 5.97 Å². The van der Waals surface area contributed by atoms with Crippen molar-refractivity contribution in [2.75, 3.05) is 7.11 Å². The number of carboxylic acids is 1. The summed E-state index contributed by atoms with van der Waals surface area (Å²) < 4.78 is 7.00. The van der Waals surface area contributed by atoms with E-state index in [1.54, 1.807) is 17.7 Å². The summed E-state index contributed by atoms with van der Waals surface area (Å²) in [6, 6.07) is 11.1. The molecule has 2 aromatic rings. The van der Waals surface area contributed by atoms with Crippen molar-refractivity contribution in [3.63, 3.8) is 0 Å². The molecule has 5 nitrogen and oxygen atoms in total. The number of hydrogen-bond acceptors (Lipinski definition) is 3. The second kappa shape index (κ2) is 6.93. The van der Waals surface area contributed by atoms with Crippen LogP contribution in [0.3, 0.4) is 0 Å². The van der Waals surface area contributed by atoms with E-state index in [2.05, 4.69) is 0 Å². The number of aliphatic carboxylic acids is 1. The Morgan fingerprint density at radius 2 is 1.95 bits per heavy atom. The van der Waals surface area contributed by atoms with E-state index in [4.69, 9.17) is 9.84 Å². The average molecular weight is 301 g/mol. The maximum absolute atomic E-state index is 12.5. The van der Waals surface area contributed by atoms with Crippen molar-refractivity contribution >= 4 is 5.97 Å². The minimum atomic E-state index is -0.906. The highest BCUT2D eigenvalue weighted by Crippen LogP contribution is 2.28. The molecule has 0 spiro atoms. The molecule has 1 aromatic heterocycles.